The first kappa shape index (κ1) is 22.0. The monoisotopic (exact) mass is 480 g/mol. The van der Waals surface area contributed by atoms with Gasteiger partial charge in [0.05, 0.1) is 0 Å². The Morgan fingerprint density at radius 3 is 2.44 bits per heavy atom. The maximum Gasteiger partial charge on any atom is 0.223 e. The third-order valence-corrected chi connectivity index (χ3v) is 4.68. The molecule has 1 aromatic carbocycles. The number of benzene rings is 1. The highest BCUT2D eigenvalue weighted by Crippen LogP contribution is 2.28. The van der Waals surface area contributed by atoms with Crippen LogP contribution in [0.2, 0.25) is 0 Å². The van der Waals surface area contributed by atoms with Crippen LogP contribution in [0.25, 0.3) is 0 Å². The van der Waals surface area contributed by atoms with Gasteiger partial charge in [0.25, 0.3) is 0 Å². The van der Waals surface area contributed by atoms with Crippen molar-refractivity contribution < 1.29 is 9.18 Å². The van der Waals surface area contributed by atoms with E-state index in [9.17, 15) is 9.18 Å². The highest BCUT2D eigenvalue weighted by atomic mass is 127. The van der Waals surface area contributed by atoms with Crippen molar-refractivity contribution in [3.63, 3.8) is 0 Å². The second kappa shape index (κ2) is 12.3. The molecule has 0 saturated heterocycles. The highest BCUT2D eigenvalue weighted by Gasteiger charge is 2.28. The number of nitrogens with one attached hydrogen (secondary N) is 3. The molecule has 2 rings (SSSR count). The Hall–Kier alpha value is -1.03. The summed E-state index contributed by atoms with van der Waals surface area (Å²) in [5.41, 5.74) is 0. The maximum atomic E-state index is 12.8. The summed E-state index contributed by atoms with van der Waals surface area (Å²) in [5.74, 6) is 1.90. The zero-order valence-corrected chi connectivity index (χ0v) is 17.5. The molecule has 25 heavy (non-hydrogen) atoms. The average molecular weight is 480 g/mol. The SMILES string of the molecule is CN=C(NCCCSc1ccc(F)cc1)NCCNC(=O)C1CC1.I. The van der Waals surface area contributed by atoms with Crippen molar-refractivity contribution in [3.05, 3.63) is 30.1 Å². The lowest BCUT2D eigenvalue weighted by molar-refractivity contribution is -0.122. The molecule has 3 N–H and O–H groups in total. The van der Waals surface area contributed by atoms with E-state index in [0.29, 0.717) is 13.1 Å². The van der Waals surface area contributed by atoms with E-state index in [1.165, 1.54) is 12.1 Å². The van der Waals surface area contributed by atoms with E-state index in [-0.39, 0.29) is 41.6 Å². The van der Waals surface area contributed by atoms with Gasteiger partial charge < -0.3 is 16.0 Å². The Labute approximate surface area is 170 Å². The smallest absolute Gasteiger partial charge is 0.223 e. The van der Waals surface area contributed by atoms with Crippen molar-refractivity contribution in [3.8, 4) is 0 Å². The normalized spacial score (nSPS) is 13.8. The van der Waals surface area contributed by atoms with Crippen LogP contribution in [0.1, 0.15) is 19.3 Å². The summed E-state index contributed by atoms with van der Waals surface area (Å²) >= 11 is 1.71. The van der Waals surface area contributed by atoms with Crippen molar-refractivity contribution in [2.24, 2.45) is 10.9 Å². The molecule has 0 aliphatic heterocycles. The molecule has 5 nitrogen and oxygen atoms in total. The predicted molar refractivity (Wildman–Crippen MR) is 112 cm³/mol. The third-order valence-electron chi connectivity index (χ3n) is 3.58. The number of hydrogen-bond donors (Lipinski definition) is 3. The van der Waals surface area contributed by atoms with Crippen molar-refractivity contribution >= 4 is 47.6 Å². The van der Waals surface area contributed by atoms with Crippen LogP contribution in [0.15, 0.2) is 34.2 Å². The summed E-state index contributed by atoms with van der Waals surface area (Å²) in [4.78, 5) is 16.7. The summed E-state index contributed by atoms with van der Waals surface area (Å²) < 4.78 is 12.8. The molecule has 1 saturated carbocycles. The molecule has 0 heterocycles. The molecule has 140 valence electrons. The van der Waals surface area contributed by atoms with Gasteiger partial charge in [-0.3, -0.25) is 9.79 Å². The van der Waals surface area contributed by atoms with Gasteiger partial charge in [-0.05, 0) is 49.3 Å². The van der Waals surface area contributed by atoms with Crippen molar-refractivity contribution in [1.82, 2.24) is 16.0 Å². The van der Waals surface area contributed by atoms with E-state index >= 15 is 0 Å². The molecule has 1 aliphatic carbocycles. The van der Waals surface area contributed by atoms with Crippen LogP contribution >= 0.6 is 35.7 Å². The topological polar surface area (TPSA) is 65.5 Å². The standard InChI is InChI=1S/C17H25FN4OS.HI/c1-19-17(22-11-10-20-16(23)13-3-4-13)21-9-2-12-24-15-7-5-14(18)6-8-15;/h5-8,13H,2-4,9-12H2,1H3,(H,20,23)(H2,19,21,22);1H. The molecule has 0 radical (unpaired) electrons. The number of rotatable bonds is 9. The van der Waals surface area contributed by atoms with Crippen molar-refractivity contribution in [2.45, 2.75) is 24.2 Å². The van der Waals surface area contributed by atoms with Gasteiger partial charge in [0.2, 0.25) is 5.91 Å². The molecule has 0 atom stereocenters. The fourth-order valence-electron chi connectivity index (χ4n) is 2.08. The molecule has 1 aliphatic rings. The van der Waals surface area contributed by atoms with Gasteiger partial charge in [-0.2, -0.15) is 0 Å². The molecular formula is C17H26FIN4OS. The Morgan fingerprint density at radius 1 is 1.16 bits per heavy atom. The van der Waals surface area contributed by atoms with E-state index in [2.05, 4.69) is 20.9 Å². The van der Waals surface area contributed by atoms with Crippen LogP contribution in [0.4, 0.5) is 4.39 Å². The van der Waals surface area contributed by atoms with E-state index in [1.54, 1.807) is 30.9 Å². The second-order valence-corrected chi connectivity index (χ2v) is 6.82. The Morgan fingerprint density at radius 2 is 1.80 bits per heavy atom. The lowest BCUT2D eigenvalue weighted by Gasteiger charge is -2.12. The number of halogens is 2. The summed E-state index contributed by atoms with van der Waals surface area (Å²) in [5, 5.41) is 9.32. The zero-order chi connectivity index (χ0) is 17.2. The first-order valence-corrected chi connectivity index (χ1v) is 9.28. The fraction of sp³-hybridized carbons (Fsp3) is 0.529. The maximum absolute atomic E-state index is 12.8. The van der Waals surface area contributed by atoms with Gasteiger partial charge in [-0.1, -0.05) is 0 Å². The highest BCUT2D eigenvalue weighted by molar-refractivity contribution is 14.0. The van der Waals surface area contributed by atoms with Crippen LogP contribution in [0.3, 0.4) is 0 Å². The van der Waals surface area contributed by atoms with Crippen LogP contribution < -0.4 is 16.0 Å². The number of hydrogen-bond acceptors (Lipinski definition) is 3. The number of carbonyl (C=O) groups is 1. The van der Waals surface area contributed by atoms with Crippen LogP contribution in [-0.4, -0.2) is 44.3 Å². The Kier molecular flexibility index (Phi) is 10.9. The fourth-order valence-corrected chi connectivity index (χ4v) is 2.93. The van der Waals surface area contributed by atoms with Crippen LogP contribution in [0.5, 0.6) is 0 Å². The summed E-state index contributed by atoms with van der Waals surface area (Å²) in [6.07, 6.45) is 3.03. The number of thioether (sulfide) groups is 1. The van der Waals surface area contributed by atoms with Crippen LogP contribution in [0, 0.1) is 11.7 Å². The molecule has 0 unspecified atom stereocenters. The number of guanidine groups is 1. The predicted octanol–water partition coefficient (Wildman–Crippen LogP) is 2.62. The van der Waals surface area contributed by atoms with E-state index in [4.69, 9.17) is 0 Å². The van der Waals surface area contributed by atoms with Gasteiger partial charge >= 0.3 is 0 Å². The average Bonchev–Trinajstić information content (AvgIpc) is 3.43. The Bertz CT molecular complexity index is 552. The first-order chi connectivity index (χ1) is 11.7. The second-order valence-electron chi connectivity index (χ2n) is 5.65. The first-order valence-electron chi connectivity index (χ1n) is 8.29. The minimum Gasteiger partial charge on any atom is -0.356 e. The molecule has 8 heteroatoms. The summed E-state index contributed by atoms with van der Waals surface area (Å²) in [6.45, 7) is 2.07. The summed E-state index contributed by atoms with van der Waals surface area (Å²) in [7, 11) is 1.73. The van der Waals surface area contributed by atoms with Crippen molar-refractivity contribution in [2.75, 3.05) is 32.4 Å². The Balaban J connectivity index is 0.00000312. The van der Waals surface area contributed by atoms with Gasteiger partial charge in [0.15, 0.2) is 5.96 Å². The quantitative estimate of drug-likeness (QED) is 0.167. The third kappa shape index (κ3) is 9.29. The van der Waals surface area contributed by atoms with Crippen molar-refractivity contribution in [1.29, 1.82) is 0 Å². The number of nitrogens with zero attached hydrogens (tertiary/aromatic N) is 1. The minimum atomic E-state index is -0.204. The molecule has 1 aromatic rings. The molecular weight excluding hydrogens is 454 g/mol. The number of aliphatic imine (C=N–C) groups is 1. The molecule has 1 fully saturated rings. The lowest BCUT2D eigenvalue weighted by atomic mass is 10.4. The molecule has 1 amide bonds. The van der Waals surface area contributed by atoms with Gasteiger partial charge in [0, 0.05) is 37.5 Å². The molecule has 0 bridgehead atoms. The van der Waals surface area contributed by atoms with E-state index in [0.717, 1.165) is 42.4 Å². The lowest BCUT2D eigenvalue weighted by Crippen LogP contribution is -2.42. The molecule has 0 aromatic heterocycles. The summed E-state index contributed by atoms with van der Waals surface area (Å²) in [6, 6.07) is 6.55. The van der Waals surface area contributed by atoms with Gasteiger partial charge in [-0.25, -0.2) is 4.39 Å². The van der Waals surface area contributed by atoms with E-state index < -0.39 is 0 Å². The molecule has 0 spiro atoms. The van der Waals surface area contributed by atoms with E-state index in [1.807, 2.05) is 0 Å². The number of amides is 1. The minimum absolute atomic E-state index is 0. The largest absolute Gasteiger partial charge is 0.356 e. The zero-order valence-electron chi connectivity index (χ0n) is 14.4. The van der Waals surface area contributed by atoms with Gasteiger partial charge in [0.1, 0.15) is 5.82 Å². The van der Waals surface area contributed by atoms with Gasteiger partial charge in [-0.15, -0.1) is 35.7 Å². The van der Waals surface area contributed by atoms with Crippen LogP contribution in [-0.2, 0) is 4.79 Å². The number of carbonyl (C=O) groups excluding carboxylic acids is 1.